The quantitative estimate of drug-likeness (QED) is 0.738. The van der Waals surface area contributed by atoms with Crippen LogP contribution in [0, 0.1) is 0 Å². The van der Waals surface area contributed by atoms with Crippen LogP contribution in [0.3, 0.4) is 0 Å². The van der Waals surface area contributed by atoms with Crippen molar-refractivity contribution in [2.24, 2.45) is 0 Å². The van der Waals surface area contributed by atoms with Crippen molar-refractivity contribution in [1.29, 1.82) is 0 Å². The molecule has 2 heteroatoms. The molecule has 1 aliphatic heterocycles. The number of benzene rings is 1. The van der Waals surface area contributed by atoms with Crippen molar-refractivity contribution >= 4 is 21.6 Å². The monoisotopic (exact) mass is 251 g/mol. The average Bonchev–Trinajstić information content (AvgIpc) is 2.59. The number of fused-ring (bicyclic) bond motifs is 3. The van der Waals surface area contributed by atoms with Gasteiger partial charge in [-0.05, 0) is 40.4 Å². The van der Waals surface area contributed by atoms with Crippen molar-refractivity contribution in [2.75, 3.05) is 5.32 Å². The van der Waals surface area contributed by atoms with Crippen LogP contribution in [0.2, 0.25) is 0 Å². The van der Waals surface area contributed by atoms with E-state index in [1.165, 1.54) is 41.4 Å². The first kappa shape index (κ1) is 8.78. The summed E-state index contributed by atoms with van der Waals surface area (Å²) < 4.78 is 1.23. The highest BCUT2D eigenvalue weighted by Gasteiger charge is 2.34. The second-order valence-electron chi connectivity index (χ2n) is 4.35. The van der Waals surface area contributed by atoms with E-state index in [0.29, 0.717) is 6.04 Å². The van der Waals surface area contributed by atoms with Gasteiger partial charge in [0, 0.05) is 16.4 Å². The second-order valence-corrected chi connectivity index (χ2v) is 5.20. The summed E-state index contributed by atoms with van der Waals surface area (Å²) >= 11 is 3.62. The summed E-state index contributed by atoms with van der Waals surface area (Å²) in [5.74, 6) is 0.774. The van der Waals surface area contributed by atoms with Crippen molar-refractivity contribution in [3.05, 3.63) is 28.2 Å². The highest BCUT2D eigenvalue weighted by atomic mass is 79.9. The Morgan fingerprint density at radius 2 is 2.07 bits per heavy atom. The molecule has 1 aromatic carbocycles. The van der Waals surface area contributed by atoms with E-state index in [-0.39, 0.29) is 0 Å². The third-order valence-electron chi connectivity index (χ3n) is 3.54. The van der Waals surface area contributed by atoms with Gasteiger partial charge in [-0.25, -0.2) is 0 Å². The van der Waals surface area contributed by atoms with Crippen LogP contribution in [0.25, 0.3) is 0 Å². The van der Waals surface area contributed by atoms with Gasteiger partial charge in [0.05, 0.1) is 5.69 Å². The van der Waals surface area contributed by atoms with Gasteiger partial charge in [-0.3, -0.25) is 0 Å². The zero-order valence-electron chi connectivity index (χ0n) is 8.09. The molecule has 1 N–H and O–H groups in total. The third-order valence-corrected chi connectivity index (χ3v) is 4.20. The maximum Gasteiger partial charge on any atom is 0.0523 e. The molecule has 0 spiro atoms. The maximum atomic E-state index is 3.66. The molecular weight excluding hydrogens is 238 g/mol. The van der Waals surface area contributed by atoms with E-state index in [9.17, 15) is 0 Å². The van der Waals surface area contributed by atoms with E-state index in [0.717, 1.165) is 5.92 Å². The van der Waals surface area contributed by atoms with Gasteiger partial charge in [-0.2, -0.15) is 0 Å². The lowest BCUT2D eigenvalue weighted by atomic mass is 9.83. The van der Waals surface area contributed by atoms with E-state index in [4.69, 9.17) is 0 Å². The van der Waals surface area contributed by atoms with Crippen molar-refractivity contribution in [1.82, 2.24) is 0 Å². The van der Waals surface area contributed by atoms with Crippen LogP contribution in [0.4, 0.5) is 5.69 Å². The molecule has 14 heavy (non-hydrogen) atoms. The zero-order chi connectivity index (χ0) is 9.54. The summed E-state index contributed by atoms with van der Waals surface area (Å²) in [6.07, 6.45) is 5.49. The number of hydrogen-bond acceptors (Lipinski definition) is 1. The molecule has 1 nitrogen and oxygen atoms in total. The minimum Gasteiger partial charge on any atom is -0.381 e. The number of hydrogen-bond donors (Lipinski definition) is 1. The maximum absolute atomic E-state index is 3.66. The Balaban J connectivity index is 2.05. The van der Waals surface area contributed by atoms with Crippen molar-refractivity contribution in [2.45, 2.75) is 37.6 Å². The first-order valence-electron chi connectivity index (χ1n) is 5.41. The Bertz CT molecular complexity index is 361. The molecular formula is C12H14BrN. The van der Waals surface area contributed by atoms with Gasteiger partial charge in [0.2, 0.25) is 0 Å². The van der Waals surface area contributed by atoms with Crippen molar-refractivity contribution in [3.63, 3.8) is 0 Å². The predicted molar refractivity (Wildman–Crippen MR) is 62.8 cm³/mol. The molecule has 74 valence electrons. The third kappa shape index (κ3) is 1.20. The zero-order valence-corrected chi connectivity index (χ0v) is 9.68. The molecule has 1 saturated carbocycles. The summed E-state index contributed by atoms with van der Waals surface area (Å²) in [5.41, 5.74) is 2.88. The number of anilines is 1. The number of rotatable bonds is 0. The van der Waals surface area contributed by atoms with Gasteiger partial charge >= 0.3 is 0 Å². The molecule has 2 unspecified atom stereocenters. The topological polar surface area (TPSA) is 12.0 Å². The van der Waals surface area contributed by atoms with Crippen molar-refractivity contribution in [3.8, 4) is 0 Å². The Morgan fingerprint density at radius 3 is 3.00 bits per heavy atom. The van der Waals surface area contributed by atoms with E-state index in [1.807, 2.05) is 0 Å². The summed E-state index contributed by atoms with van der Waals surface area (Å²) in [6.45, 7) is 0. The van der Waals surface area contributed by atoms with Crippen LogP contribution in [-0.4, -0.2) is 6.04 Å². The fraction of sp³-hybridized carbons (Fsp3) is 0.500. The van der Waals surface area contributed by atoms with Crippen LogP contribution in [0.1, 0.15) is 37.2 Å². The molecule has 1 aromatic rings. The molecule has 0 bridgehead atoms. The highest BCUT2D eigenvalue weighted by Crippen LogP contribution is 2.46. The summed E-state index contributed by atoms with van der Waals surface area (Å²) in [5, 5.41) is 3.66. The normalized spacial score (nSPS) is 29.2. The molecule has 1 aliphatic carbocycles. The minimum atomic E-state index is 0.706. The Kier molecular flexibility index (Phi) is 2.05. The lowest BCUT2D eigenvalue weighted by Crippen LogP contribution is -2.23. The summed E-state index contributed by atoms with van der Waals surface area (Å²) in [7, 11) is 0. The first-order chi connectivity index (χ1) is 6.86. The van der Waals surface area contributed by atoms with Crippen LogP contribution >= 0.6 is 15.9 Å². The first-order valence-corrected chi connectivity index (χ1v) is 6.20. The van der Waals surface area contributed by atoms with Crippen LogP contribution in [-0.2, 0) is 0 Å². The largest absolute Gasteiger partial charge is 0.381 e. The van der Waals surface area contributed by atoms with Gasteiger partial charge in [0.25, 0.3) is 0 Å². The lowest BCUT2D eigenvalue weighted by Gasteiger charge is -2.25. The van der Waals surface area contributed by atoms with Gasteiger partial charge in [-0.1, -0.05) is 25.0 Å². The molecule has 3 rings (SSSR count). The average molecular weight is 252 g/mol. The molecule has 2 aliphatic rings. The highest BCUT2D eigenvalue weighted by molar-refractivity contribution is 9.10. The Hall–Kier alpha value is -0.500. The van der Waals surface area contributed by atoms with Crippen molar-refractivity contribution < 1.29 is 0 Å². The van der Waals surface area contributed by atoms with Gasteiger partial charge in [0.1, 0.15) is 0 Å². The fourth-order valence-electron chi connectivity index (χ4n) is 2.86. The smallest absolute Gasteiger partial charge is 0.0523 e. The lowest BCUT2D eigenvalue weighted by molar-refractivity contribution is 0.422. The van der Waals surface area contributed by atoms with Gasteiger partial charge in [0.15, 0.2) is 0 Å². The SMILES string of the molecule is Brc1cccc2c1NC1CCCCC21. The standard InChI is InChI=1S/C12H14BrN/c13-10-6-3-5-9-8-4-1-2-7-11(8)14-12(9)10/h3,5-6,8,11,14H,1-2,4,7H2. The number of para-hydroxylation sites is 1. The molecule has 1 fully saturated rings. The molecule has 0 radical (unpaired) electrons. The summed E-state index contributed by atoms with van der Waals surface area (Å²) in [4.78, 5) is 0. The van der Waals surface area contributed by atoms with E-state index in [2.05, 4.69) is 39.4 Å². The minimum absolute atomic E-state index is 0.706. The van der Waals surface area contributed by atoms with Crippen LogP contribution in [0.15, 0.2) is 22.7 Å². The molecule has 0 saturated heterocycles. The fourth-order valence-corrected chi connectivity index (χ4v) is 3.36. The van der Waals surface area contributed by atoms with Gasteiger partial charge < -0.3 is 5.32 Å². The van der Waals surface area contributed by atoms with E-state index < -0.39 is 0 Å². The Morgan fingerprint density at radius 1 is 1.21 bits per heavy atom. The molecule has 0 aromatic heterocycles. The van der Waals surface area contributed by atoms with Crippen LogP contribution in [0.5, 0.6) is 0 Å². The number of halogens is 1. The molecule has 1 heterocycles. The predicted octanol–water partition coefficient (Wildman–Crippen LogP) is 3.90. The molecule has 2 atom stereocenters. The van der Waals surface area contributed by atoms with Gasteiger partial charge in [-0.15, -0.1) is 0 Å². The second kappa shape index (κ2) is 3.27. The van der Waals surface area contributed by atoms with Crippen LogP contribution < -0.4 is 5.32 Å². The summed E-state index contributed by atoms with van der Waals surface area (Å²) in [6, 6.07) is 7.27. The molecule has 0 amide bonds. The Labute approximate surface area is 93.0 Å². The van der Waals surface area contributed by atoms with E-state index in [1.54, 1.807) is 0 Å². The number of nitrogens with one attached hydrogen (secondary N) is 1. The van der Waals surface area contributed by atoms with E-state index >= 15 is 0 Å².